The molecule has 0 bridgehead atoms. The van der Waals surface area contributed by atoms with Crippen LogP contribution in [0.5, 0.6) is 0 Å². The summed E-state index contributed by atoms with van der Waals surface area (Å²) in [4.78, 5) is 7.76. The number of ether oxygens (including phenoxy) is 1. The number of nitrogens with one attached hydrogen (secondary N) is 2. The summed E-state index contributed by atoms with van der Waals surface area (Å²) < 4.78 is 5.60. The summed E-state index contributed by atoms with van der Waals surface area (Å²) in [6.45, 7) is 8.23. The summed E-state index contributed by atoms with van der Waals surface area (Å²) in [5.41, 5.74) is 1.28. The van der Waals surface area contributed by atoms with Crippen LogP contribution in [0, 0.1) is 0 Å². The highest BCUT2D eigenvalue weighted by atomic mass is 16.5. The zero-order valence-corrected chi connectivity index (χ0v) is 11.0. The van der Waals surface area contributed by atoms with Crippen molar-refractivity contribution in [3.05, 3.63) is 17.7 Å². The van der Waals surface area contributed by atoms with Gasteiger partial charge in [-0.2, -0.15) is 0 Å². The quantitative estimate of drug-likeness (QED) is 0.842. The molecule has 1 unspecified atom stereocenters. The lowest BCUT2D eigenvalue weighted by atomic mass is 10.1. The maximum Gasteiger partial charge on any atom is 0.108 e. The summed E-state index contributed by atoms with van der Waals surface area (Å²) in [5.74, 6) is 1.04. The predicted octanol–water partition coefficient (Wildman–Crippen LogP) is 2.02. The Balaban J connectivity index is 1.83. The van der Waals surface area contributed by atoms with Crippen molar-refractivity contribution in [2.75, 3.05) is 6.61 Å². The Labute approximate surface area is 103 Å². The fourth-order valence-corrected chi connectivity index (χ4v) is 1.98. The first-order chi connectivity index (χ1) is 8.03. The molecule has 2 rings (SSSR count). The molecule has 1 aliphatic rings. The van der Waals surface area contributed by atoms with Crippen LogP contribution in [-0.2, 0) is 17.7 Å². The number of aromatic nitrogens is 2. The number of hydrogen-bond acceptors (Lipinski definition) is 3. The van der Waals surface area contributed by atoms with E-state index in [2.05, 4.69) is 36.1 Å². The van der Waals surface area contributed by atoms with E-state index < -0.39 is 0 Å². The van der Waals surface area contributed by atoms with Gasteiger partial charge in [0.05, 0.1) is 6.10 Å². The average molecular weight is 237 g/mol. The van der Waals surface area contributed by atoms with Gasteiger partial charge in [-0.25, -0.2) is 4.98 Å². The molecule has 4 heteroatoms. The van der Waals surface area contributed by atoms with Crippen molar-refractivity contribution >= 4 is 0 Å². The summed E-state index contributed by atoms with van der Waals surface area (Å²) in [5, 5.41) is 3.44. The minimum absolute atomic E-state index is 0.139. The van der Waals surface area contributed by atoms with E-state index in [4.69, 9.17) is 4.74 Å². The second-order valence-corrected chi connectivity index (χ2v) is 5.80. The van der Waals surface area contributed by atoms with Crippen LogP contribution in [0.25, 0.3) is 0 Å². The maximum atomic E-state index is 5.60. The topological polar surface area (TPSA) is 49.9 Å². The van der Waals surface area contributed by atoms with Gasteiger partial charge in [0.15, 0.2) is 0 Å². The van der Waals surface area contributed by atoms with Gasteiger partial charge in [0.2, 0.25) is 0 Å². The molecule has 17 heavy (non-hydrogen) atoms. The molecule has 1 aromatic rings. The number of rotatable bonds is 4. The maximum absolute atomic E-state index is 5.60. The van der Waals surface area contributed by atoms with Gasteiger partial charge in [0.1, 0.15) is 5.82 Å². The molecule has 0 spiro atoms. The molecule has 2 N–H and O–H groups in total. The SMILES string of the molecule is CC(C)(C)NCc1cnc(CC2CCCO2)[nH]1. The summed E-state index contributed by atoms with van der Waals surface area (Å²) in [6.07, 6.45) is 5.54. The lowest BCUT2D eigenvalue weighted by Crippen LogP contribution is -2.35. The smallest absolute Gasteiger partial charge is 0.108 e. The molecule has 2 heterocycles. The third-order valence-electron chi connectivity index (χ3n) is 2.94. The van der Waals surface area contributed by atoms with Crippen molar-refractivity contribution in [2.45, 2.75) is 58.2 Å². The Morgan fingerprint density at radius 3 is 3.00 bits per heavy atom. The first-order valence-electron chi connectivity index (χ1n) is 6.42. The lowest BCUT2D eigenvalue weighted by Gasteiger charge is -2.19. The summed E-state index contributed by atoms with van der Waals surface area (Å²) >= 11 is 0. The minimum Gasteiger partial charge on any atom is -0.378 e. The molecular formula is C13H23N3O. The number of hydrogen-bond donors (Lipinski definition) is 2. The monoisotopic (exact) mass is 237 g/mol. The molecule has 0 aliphatic carbocycles. The Kier molecular flexibility index (Phi) is 3.84. The molecule has 1 saturated heterocycles. The summed E-state index contributed by atoms with van der Waals surface area (Å²) in [7, 11) is 0. The Morgan fingerprint density at radius 2 is 2.35 bits per heavy atom. The third-order valence-corrected chi connectivity index (χ3v) is 2.94. The van der Waals surface area contributed by atoms with Gasteiger partial charge in [-0.05, 0) is 33.6 Å². The Morgan fingerprint density at radius 1 is 1.53 bits per heavy atom. The van der Waals surface area contributed by atoms with Crippen LogP contribution in [-0.4, -0.2) is 28.2 Å². The highest BCUT2D eigenvalue weighted by Crippen LogP contribution is 2.15. The lowest BCUT2D eigenvalue weighted by molar-refractivity contribution is 0.110. The normalized spacial score (nSPS) is 21.0. The molecule has 1 fully saturated rings. The van der Waals surface area contributed by atoms with Crippen LogP contribution in [0.15, 0.2) is 6.20 Å². The van der Waals surface area contributed by atoms with Crippen LogP contribution in [0.3, 0.4) is 0 Å². The molecule has 4 nitrogen and oxygen atoms in total. The van der Waals surface area contributed by atoms with E-state index in [-0.39, 0.29) is 5.54 Å². The van der Waals surface area contributed by atoms with E-state index >= 15 is 0 Å². The van der Waals surface area contributed by atoms with Crippen molar-refractivity contribution in [3.8, 4) is 0 Å². The van der Waals surface area contributed by atoms with Gasteiger partial charge in [-0.15, -0.1) is 0 Å². The molecule has 1 aliphatic heterocycles. The van der Waals surface area contributed by atoms with Crippen molar-refractivity contribution in [2.24, 2.45) is 0 Å². The fraction of sp³-hybridized carbons (Fsp3) is 0.769. The molecule has 1 atom stereocenters. The Bertz CT molecular complexity index is 348. The van der Waals surface area contributed by atoms with E-state index in [0.717, 1.165) is 37.5 Å². The van der Waals surface area contributed by atoms with Gasteiger partial charge in [0.25, 0.3) is 0 Å². The predicted molar refractivity (Wildman–Crippen MR) is 67.9 cm³/mol. The molecular weight excluding hydrogens is 214 g/mol. The number of H-pyrrole nitrogens is 1. The van der Waals surface area contributed by atoms with Crippen LogP contribution < -0.4 is 5.32 Å². The Hall–Kier alpha value is -0.870. The van der Waals surface area contributed by atoms with Crippen molar-refractivity contribution in [3.63, 3.8) is 0 Å². The molecule has 96 valence electrons. The van der Waals surface area contributed by atoms with E-state index in [1.807, 2.05) is 6.20 Å². The number of aromatic amines is 1. The van der Waals surface area contributed by atoms with Crippen molar-refractivity contribution in [1.82, 2.24) is 15.3 Å². The minimum atomic E-state index is 0.139. The largest absolute Gasteiger partial charge is 0.378 e. The van der Waals surface area contributed by atoms with Gasteiger partial charge >= 0.3 is 0 Å². The first-order valence-corrected chi connectivity index (χ1v) is 6.42. The molecule has 0 amide bonds. The second kappa shape index (κ2) is 5.19. The van der Waals surface area contributed by atoms with Crippen molar-refractivity contribution in [1.29, 1.82) is 0 Å². The van der Waals surface area contributed by atoms with Crippen LogP contribution in [0.1, 0.15) is 45.1 Å². The molecule has 1 aromatic heterocycles. The van der Waals surface area contributed by atoms with E-state index in [1.165, 1.54) is 6.42 Å². The highest BCUT2D eigenvalue weighted by Gasteiger charge is 2.17. The molecule has 0 radical (unpaired) electrons. The number of imidazole rings is 1. The third kappa shape index (κ3) is 4.13. The zero-order chi connectivity index (χ0) is 12.3. The van der Waals surface area contributed by atoms with Crippen LogP contribution >= 0.6 is 0 Å². The fourth-order valence-electron chi connectivity index (χ4n) is 1.98. The van der Waals surface area contributed by atoms with Crippen molar-refractivity contribution < 1.29 is 4.74 Å². The molecule has 0 saturated carbocycles. The van der Waals surface area contributed by atoms with E-state index in [0.29, 0.717) is 6.10 Å². The first kappa shape index (κ1) is 12.6. The average Bonchev–Trinajstić information content (AvgIpc) is 2.86. The van der Waals surface area contributed by atoms with Gasteiger partial charge < -0.3 is 15.0 Å². The van der Waals surface area contributed by atoms with Gasteiger partial charge in [-0.1, -0.05) is 0 Å². The zero-order valence-electron chi connectivity index (χ0n) is 11.0. The second-order valence-electron chi connectivity index (χ2n) is 5.80. The molecule has 0 aromatic carbocycles. The standard InChI is InChI=1S/C13H23N3O/c1-13(2,3)15-9-10-8-14-12(16-10)7-11-5-4-6-17-11/h8,11,15H,4-7,9H2,1-3H3,(H,14,16). The van der Waals surface area contributed by atoms with Gasteiger partial charge in [-0.3, -0.25) is 0 Å². The summed E-state index contributed by atoms with van der Waals surface area (Å²) in [6, 6.07) is 0. The van der Waals surface area contributed by atoms with E-state index in [9.17, 15) is 0 Å². The van der Waals surface area contributed by atoms with Crippen LogP contribution in [0.2, 0.25) is 0 Å². The van der Waals surface area contributed by atoms with Crippen LogP contribution in [0.4, 0.5) is 0 Å². The van der Waals surface area contributed by atoms with Gasteiger partial charge in [0, 0.05) is 37.0 Å². The number of nitrogens with zero attached hydrogens (tertiary/aromatic N) is 1. The highest BCUT2D eigenvalue weighted by molar-refractivity contribution is 5.02. The van der Waals surface area contributed by atoms with E-state index in [1.54, 1.807) is 0 Å².